The van der Waals surface area contributed by atoms with Crippen LogP contribution in [0.15, 0.2) is 30.6 Å². The van der Waals surface area contributed by atoms with Gasteiger partial charge < -0.3 is 11.1 Å². The van der Waals surface area contributed by atoms with Gasteiger partial charge in [0.25, 0.3) is 0 Å². The second kappa shape index (κ2) is 4.56. The molecule has 0 fully saturated rings. The van der Waals surface area contributed by atoms with Crippen molar-refractivity contribution in [2.45, 2.75) is 13.5 Å². The summed E-state index contributed by atoms with van der Waals surface area (Å²) in [7, 11) is 0. The van der Waals surface area contributed by atoms with E-state index in [0.29, 0.717) is 12.2 Å². The molecule has 0 amide bonds. The Labute approximate surface area is 110 Å². The Hall–Kier alpha value is -2.63. The fourth-order valence-corrected chi connectivity index (χ4v) is 1.95. The highest BCUT2D eigenvalue weighted by Crippen LogP contribution is 2.24. The SMILES string of the molecule is Cc1nccc(CNc2cc3[nH]ncc3cc2N)n1. The van der Waals surface area contributed by atoms with Crippen LogP contribution in [0.4, 0.5) is 11.4 Å². The van der Waals surface area contributed by atoms with Gasteiger partial charge in [-0.2, -0.15) is 5.10 Å². The fourth-order valence-electron chi connectivity index (χ4n) is 1.95. The number of hydrogen-bond donors (Lipinski definition) is 3. The molecule has 0 unspecified atom stereocenters. The lowest BCUT2D eigenvalue weighted by Gasteiger charge is -2.09. The quantitative estimate of drug-likeness (QED) is 0.620. The van der Waals surface area contributed by atoms with Gasteiger partial charge in [-0.3, -0.25) is 5.10 Å². The molecule has 0 atom stereocenters. The number of hydrogen-bond acceptors (Lipinski definition) is 5. The van der Waals surface area contributed by atoms with Crippen molar-refractivity contribution in [3.63, 3.8) is 0 Å². The maximum atomic E-state index is 6.00. The van der Waals surface area contributed by atoms with E-state index in [1.54, 1.807) is 12.4 Å². The average molecular weight is 254 g/mol. The Kier molecular flexibility index (Phi) is 2.75. The smallest absolute Gasteiger partial charge is 0.125 e. The largest absolute Gasteiger partial charge is 0.397 e. The van der Waals surface area contributed by atoms with E-state index in [-0.39, 0.29) is 0 Å². The highest BCUT2D eigenvalue weighted by molar-refractivity contribution is 5.88. The summed E-state index contributed by atoms with van der Waals surface area (Å²) in [5.41, 5.74) is 9.45. The predicted octanol–water partition coefficient (Wildman–Crippen LogP) is 1.86. The summed E-state index contributed by atoms with van der Waals surface area (Å²) in [6.45, 7) is 2.47. The highest BCUT2D eigenvalue weighted by Gasteiger charge is 2.04. The van der Waals surface area contributed by atoms with Gasteiger partial charge in [0, 0.05) is 11.6 Å². The zero-order chi connectivity index (χ0) is 13.2. The van der Waals surface area contributed by atoms with Crippen LogP contribution < -0.4 is 11.1 Å². The van der Waals surface area contributed by atoms with Crippen LogP contribution in [0, 0.1) is 6.92 Å². The summed E-state index contributed by atoms with van der Waals surface area (Å²) in [4.78, 5) is 8.41. The van der Waals surface area contributed by atoms with E-state index >= 15 is 0 Å². The number of nitrogens with two attached hydrogens (primary N) is 1. The number of aryl methyl sites for hydroxylation is 1. The van der Waals surface area contributed by atoms with E-state index in [4.69, 9.17) is 5.73 Å². The van der Waals surface area contributed by atoms with Gasteiger partial charge in [-0.05, 0) is 25.1 Å². The zero-order valence-electron chi connectivity index (χ0n) is 10.5. The molecular formula is C13H14N6. The van der Waals surface area contributed by atoms with Crippen molar-refractivity contribution in [2.24, 2.45) is 0 Å². The number of nitrogen functional groups attached to an aromatic ring is 1. The molecule has 0 aliphatic carbocycles. The second-order valence-corrected chi connectivity index (χ2v) is 4.35. The number of fused-ring (bicyclic) bond motifs is 1. The molecule has 96 valence electrons. The first-order chi connectivity index (χ1) is 9.22. The molecule has 1 aromatic carbocycles. The molecule has 0 aliphatic heterocycles. The van der Waals surface area contributed by atoms with Gasteiger partial charge in [-0.15, -0.1) is 0 Å². The number of benzene rings is 1. The first kappa shape index (κ1) is 11.5. The molecule has 2 aromatic heterocycles. The minimum atomic E-state index is 0.604. The average Bonchev–Trinajstić information content (AvgIpc) is 2.83. The minimum absolute atomic E-state index is 0.604. The summed E-state index contributed by atoms with van der Waals surface area (Å²) >= 11 is 0. The Morgan fingerprint density at radius 1 is 1.37 bits per heavy atom. The number of aromatic amines is 1. The number of nitrogens with one attached hydrogen (secondary N) is 2. The summed E-state index contributed by atoms with van der Waals surface area (Å²) in [5.74, 6) is 0.760. The molecule has 0 aliphatic rings. The van der Waals surface area contributed by atoms with E-state index in [1.807, 2.05) is 25.1 Å². The summed E-state index contributed by atoms with van der Waals surface area (Å²) in [6, 6.07) is 5.73. The molecular weight excluding hydrogens is 240 g/mol. The van der Waals surface area contributed by atoms with Gasteiger partial charge >= 0.3 is 0 Å². The van der Waals surface area contributed by atoms with Gasteiger partial charge in [0.05, 0.1) is 35.3 Å². The van der Waals surface area contributed by atoms with Crippen molar-refractivity contribution in [1.29, 1.82) is 0 Å². The van der Waals surface area contributed by atoms with Crippen molar-refractivity contribution < 1.29 is 0 Å². The number of H-pyrrole nitrogens is 1. The summed E-state index contributed by atoms with van der Waals surface area (Å²) in [5, 5.41) is 11.2. The van der Waals surface area contributed by atoms with Crippen molar-refractivity contribution in [3.05, 3.63) is 42.1 Å². The van der Waals surface area contributed by atoms with Crippen LogP contribution in [0.2, 0.25) is 0 Å². The maximum absolute atomic E-state index is 6.00. The van der Waals surface area contributed by atoms with Gasteiger partial charge in [-0.1, -0.05) is 0 Å². The Bertz CT molecular complexity index is 718. The van der Waals surface area contributed by atoms with Crippen molar-refractivity contribution in [2.75, 3.05) is 11.1 Å². The van der Waals surface area contributed by atoms with E-state index in [9.17, 15) is 0 Å². The Morgan fingerprint density at radius 3 is 3.11 bits per heavy atom. The van der Waals surface area contributed by atoms with Gasteiger partial charge in [0.1, 0.15) is 5.82 Å². The molecule has 3 rings (SSSR count). The van der Waals surface area contributed by atoms with Crippen LogP contribution in [0.1, 0.15) is 11.5 Å². The Balaban J connectivity index is 1.83. The molecule has 6 heteroatoms. The fraction of sp³-hybridized carbons (Fsp3) is 0.154. The van der Waals surface area contributed by atoms with Crippen LogP contribution >= 0.6 is 0 Å². The summed E-state index contributed by atoms with van der Waals surface area (Å²) in [6.07, 6.45) is 3.50. The van der Waals surface area contributed by atoms with E-state index in [1.165, 1.54) is 0 Å². The summed E-state index contributed by atoms with van der Waals surface area (Å²) < 4.78 is 0. The Morgan fingerprint density at radius 2 is 2.26 bits per heavy atom. The lowest BCUT2D eigenvalue weighted by Crippen LogP contribution is -2.05. The van der Waals surface area contributed by atoms with Crippen LogP contribution in [0.25, 0.3) is 10.9 Å². The standard InChI is InChI=1S/C13H14N6/c1-8-15-3-2-10(18-8)7-16-13-5-12-9(4-11(13)14)6-17-19-12/h2-6,16H,7,14H2,1H3,(H,17,19). The number of aromatic nitrogens is 4. The van der Waals surface area contributed by atoms with Gasteiger partial charge in [0.2, 0.25) is 0 Å². The number of rotatable bonds is 3. The minimum Gasteiger partial charge on any atom is -0.397 e. The van der Waals surface area contributed by atoms with Crippen LogP contribution in [0.5, 0.6) is 0 Å². The molecule has 0 saturated carbocycles. The maximum Gasteiger partial charge on any atom is 0.125 e. The van der Waals surface area contributed by atoms with Crippen LogP contribution in [-0.4, -0.2) is 20.2 Å². The molecule has 0 saturated heterocycles. The normalized spacial score (nSPS) is 10.8. The second-order valence-electron chi connectivity index (χ2n) is 4.35. The molecule has 0 radical (unpaired) electrons. The monoisotopic (exact) mass is 254 g/mol. The third-order valence-electron chi connectivity index (χ3n) is 2.90. The first-order valence-electron chi connectivity index (χ1n) is 5.97. The molecule has 3 aromatic rings. The third kappa shape index (κ3) is 2.33. The van der Waals surface area contributed by atoms with Crippen LogP contribution in [-0.2, 0) is 6.54 Å². The van der Waals surface area contributed by atoms with Crippen molar-refractivity contribution in [3.8, 4) is 0 Å². The number of nitrogens with zero attached hydrogens (tertiary/aromatic N) is 3. The number of anilines is 2. The van der Waals surface area contributed by atoms with E-state index in [2.05, 4.69) is 25.5 Å². The van der Waals surface area contributed by atoms with Crippen LogP contribution in [0.3, 0.4) is 0 Å². The predicted molar refractivity (Wildman–Crippen MR) is 74.6 cm³/mol. The van der Waals surface area contributed by atoms with Crippen molar-refractivity contribution in [1.82, 2.24) is 20.2 Å². The van der Waals surface area contributed by atoms with Gasteiger partial charge in [-0.25, -0.2) is 9.97 Å². The molecule has 6 nitrogen and oxygen atoms in total. The molecule has 4 N–H and O–H groups in total. The highest BCUT2D eigenvalue weighted by atomic mass is 15.1. The molecule has 19 heavy (non-hydrogen) atoms. The third-order valence-corrected chi connectivity index (χ3v) is 2.90. The molecule has 0 spiro atoms. The molecule has 0 bridgehead atoms. The van der Waals surface area contributed by atoms with E-state index in [0.717, 1.165) is 28.1 Å². The lowest BCUT2D eigenvalue weighted by atomic mass is 10.2. The first-order valence-corrected chi connectivity index (χ1v) is 5.97. The van der Waals surface area contributed by atoms with Crippen molar-refractivity contribution >= 4 is 22.3 Å². The zero-order valence-corrected chi connectivity index (χ0v) is 10.5. The molecule has 2 heterocycles. The van der Waals surface area contributed by atoms with Gasteiger partial charge in [0.15, 0.2) is 0 Å². The lowest BCUT2D eigenvalue weighted by molar-refractivity contribution is 0.956. The topological polar surface area (TPSA) is 92.5 Å². The van der Waals surface area contributed by atoms with E-state index < -0.39 is 0 Å².